The molecule has 0 fully saturated rings. The molecular formula is C7H12NOP. The predicted octanol–water partition coefficient (Wildman–Crippen LogP) is 1.07. The van der Waals surface area contributed by atoms with E-state index in [0.717, 1.165) is 5.31 Å². The van der Waals surface area contributed by atoms with Crippen LogP contribution in [0.3, 0.4) is 0 Å². The molecule has 10 heavy (non-hydrogen) atoms. The van der Waals surface area contributed by atoms with E-state index >= 15 is 0 Å². The first-order chi connectivity index (χ1) is 4.81. The molecule has 0 rings (SSSR count). The van der Waals surface area contributed by atoms with Crippen molar-refractivity contribution in [2.75, 3.05) is 6.54 Å². The van der Waals surface area contributed by atoms with E-state index in [1.807, 2.05) is 25.2 Å². The van der Waals surface area contributed by atoms with Gasteiger partial charge in [0, 0.05) is 6.54 Å². The van der Waals surface area contributed by atoms with Gasteiger partial charge in [0.1, 0.15) is 0 Å². The van der Waals surface area contributed by atoms with Gasteiger partial charge in [0.2, 0.25) is 6.41 Å². The van der Waals surface area contributed by atoms with Gasteiger partial charge in [0.15, 0.2) is 0 Å². The number of carbonyl (C=O) groups excluding carboxylic acids is 1. The fourth-order valence-corrected chi connectivity index (χ4v) is 0.543. The van der Waals surface area contributed by atoms with Crippen LogP contribution in [0.25, 0.3) is 0 Å². The van der Waals surface area contributed by atoms with Gasteiger partial charge in [0.05, 0.1) is 0 Å². The maximum Gasteiger partial charge on any atom is 0.207 e. The van der Waals surface area contributed by atoms with Crippen LogP contribution < -0.4 is 5.32 Å². The summed E-state index contributed by atoms with van der Waals surface area (Å²) in [7, 11) is 2.58. The summed E-state index contributed by atoms with van der Waals surface area (Å²) < 4.78 is 0. The van der Waals surface area contributed by atoms with E-state index in [1.165, 1.54) is 0 Å². The molecule has 1 N–H and O–H groups in total. The minimum Gasteiger partial charge on any atom is -0.355 e. The smallest absolute Gasteiger partial charge is 0.207 e. The normalized spacial score (nSPS) is 12.0. The third kappa shape index (κ3) is 5.52. The summed E-state index contributed by atoms with van der Waals surface area (Å²) in [4.78, 5) is 9.75. The third-order valence-corrected chi connectivity index (χ3v) is 1.49. The van der Waals surface area contributed by atoms with Gasteiger partial charge in [-0.25, -0.2) is 0 Å². The average molecular weight is 157 g/mol. The van der Waals surface area contributed by atoms with E-state index < -0.39 is 0 Å². The summed E-state index contributed by atoms with van der Waals surface area (Å²) in [6.45, 7) is 2.55. The molecule has 56 valence electrons. The van der Waals surface area contributed by atoms with Crippen LogP contribution in [0.1, 0.15) is 6.92 Å². The molecule has 0 aliphatic heterocycles. The summed E-state index contributed by atoms with van der Waals surface area (Å²) in [5.74, 6) is 0. The monoisotopic (exact) mass is 157 g/mol. The van der Waals surface area contributed by atoms with E-state index in [1.54, 1.807) is 0 Å². The predicted molar refractivity (Wildman–Crippen MR) is 46.7 cm³/mol. The lowest BCUT2D eigenvalue weighted by Gasteiger charge is -1.89. The lowest BCUT2D eigenvalue weighted by Crippen LogP contribution is -2.09. The lowest BCUT2D eigenvalue weighted by molar-refractivity contribution is -0.109. The van der Waals surface area contributed by atoms with Crippen LogP contribution in [-0.4, -0.2) is 13.0 Å². The van der Waals surface area contributed by atoms with Gasteiger partial charge >= 0.3 is 0 Å². The Morgan fingerprint density at radius 2 is 2.40 bits per heavy atom. The second-order valence-electron chi connectivity index (χ2n) is 1.72. The van der Waals surface area contributed by atoms with Crippen molar-refractivity contribution in [1.29, 1.82) is 0 Å². The summed E-state index contributed by atoms with van der Waals surface area (Å²) in [6.07, 6.45) is 6.47. The molecule has 0 aromatic heterocycles. The minimum atomic E-state index is 0.592. The van der Waals surface area contributed by atoms with Crippen LogP contribution in [0.15, 0.2) is 23.5 Å². The van der Waals surface area contributed by atoms with Crippen molar-refractivity contribution in [2.24, 2.45) is 0 Å². The molecule has 2 nitrogen and oxygen atoms in total. The molecule has 0 heterocycles. The van der Waals surface area contributed by atoms with Crippen LogP contribution >= 0.6 is 9.24 Å². The molecule has 0 aliphatic carbocycles. The molecule has 0 aliphatic rings. The molecule has 1 amide bonds. The minimum absolute atomic E-state index is 0.592. The molecular weight excluding hydrogens is 145 g/mol. The highest BCUT2D eigenvalue weighted by Crippen LogP contribution is 2.04. The van der Waals surface area contributed by atoms with E-state index in [4.69, 9.17) is 0 Å². The van der Waals surface area contributed by atoms with E-state index in [2.05, 4.69) is 14.6 Å². The zero-order valence-corrected chi connectivity index (χ0v) is 7.16. The zero-order valence-electron chi connectivity index (χ0n) is 6.00. The quantitative estimate of drug-likeness (QED) is 0.281. The van der Waals surface area contributed by atoms with Crippen LogP contribution in [0, 0.1) is 0 Å². The van der Waals surface area contributed by atoms with Gasteiger partial charge in [-0.1, -0.05) is 18.2 Å². The Balaban J connectivity index is 3.45. The van der Waals surface area contributed by atoms with Gasteiger partial charge in [-0.2, -0.15) is 0 Å². The fourth-order valence-electron chi connectivity index (χ4n) is 0.407. The number of carbonyl (C=O) groups is 1. The largest absolute Gasteiger partial charge is 0.355 e. The van der Waals surface area contributed by atoms with Crippen LogP contribution in [0.2, 0.25) is 0 Å². The van der Waals surface area contributed by atoms with Gasteiger partial charge in [-0.05, 0) is 12.2 Å². The van der Waals surface area contributed by atoms with Crippen molar-refractivity contribution in [2.45, 2.75) is 6.92 Å². The average Bonchev–Trinajstić information content (AvgIpc) is 1.98. The Labute approximate surface area is 63.6 Å². The van der Waals surface area contributed by atoms with Crippen molar-refractivity contribution < 1.29 is 4.79 Å². The summed E-state index contributed by atoms with van der Waals surface area (Å²) >= 11 is 0. The molecule has 0 spiro atoms. The molecule has 0 saturated carbocycles. The van der Waals surface area contributed by atoms with E-state index in [-0.39, 0.29) is 0 Å². The maximum absolute atomic E-state index is 9.75. The topological polar surface area (TPSA) is 29.1 Å². The number of rotatable bonds is 4. The first kappa shape index (κ1) is 9.38. The Morgan fingerprint density at radius 3 is 2.90 bits per heavy atom. The number of amides is 1. The van der Waals surface area contributed by atoms with Gasteiger partial charge in [0.25, 0.3) is 0 Å². The molecule has 1 unspecified atom stereocenters. The molecule has 0 aromatic carbocycles. The first-order valence-electron chi connectivity index (χ1n) is 3.06. The number of nitrogens with one attached hydrogen (secondary N) is 1. The first-order valence-corrected chi connectivity index (χ1v) is 3.64. The molecule has 0 saturated heterocycles. The molecule has 0 radical (unpaired) electrons. The highest BCUT2D eigenvalue weighted by molar-refractivity contribution is 7.22. The van der Waals surface area contributed by atoms with Crippen molar-refractivity contribution in [3.8, 4) is 0 Å². The van der Waals surface area contributed by atoms with Crippen LogP contribution in [0.5, 0.6) is 0 Å². The Morgan fingerprint density at radius 1 is 1.70 bits per heavy atom. The van der Waals surface area contributed by atoms with Gasteiger partial charge < -0.3 is 5.32 Å². The van der Waals surface area contributed by atoms with Gasteiger partial charge in [-0.3, -0.25) is 4.79 Å². The zero-order chi connectivity index (χ0) is 7.82. The summed E-state index contributed by atoms with van der Waals surface area (Å²) in [5.41, 5.74) is 0. The van der Waals surface area contributed by atoms with Crippen LogP contribution in [0.4, 0.5) is 0 Å². The number of allylic oxidation sites excluding steroid dienone is 3. The highest BCUT2D eigenvalue weighted by atomic mass is 31.0. The second kappa shape index (κ2) is 6.50. The molecule has 0 aromatic rings. The van der Waals surface area contributed by atoms with E-state index in [9.17, 15) is 4.79 Å². The number of hydrogen-bond donors (Lipinski definition) is 1. The SMILES string of the molecule is C/C=C(P)\C=C/CNC=O. The maximum atomic E-state index is 9.75. The van der Waals surface area contributed by atoms with Gasteiger partial charge in [-0.15, -0.1) is 9.24 Å². The Hall–Kier alpha value is -0.620. The Kier molecular flexibility index (Phi) is 6.10. The van der Waals surface area contributed by atoms with Crippen molar-refractivity contribution in [3.63, 3.8) is 0 Å². The molecule has 0 bridgehead atoms. The summed E-state index contributed by atoms with van der Waals surface area (Å²) in [6, 6.07) is 0. The third-order valence-electron chi connectivity index (χ3n) is 0.963. The van der Waals surface area contributed by atoms with Crippen molar-refractivity contribution >= 4 is 15.6 Å². The van der Waals surface area contributed by atoms with Crippen LogP contribution in [-0.2, 0) is 4.79 Å². The highest BCUT2D eigenvalue weighted by Gasteiger charge is 1.76. The molecule has 1 atom stereocenters. The fraction of sp³-hybridized carbons (Fsp3) is 0.286. The Bertz CT molecular complexity index is 152. The lowest BCUT2D eigenvalue weighted by atomic mass is 10.4. The van der Waals surface area contributed by atoms with Crippen molar-refractivity contribution in [1.82, 2.24) is 5.32 Å². The number of hydrogen-bond acceptors (Lipinski definition) is 1. The summed E-state index contributed by atoms with van der Waals surface area (Å²) in [5, 5.41) is 3.64. The molecule has 3 heteroatoms. The standard InChI is InChI=1S/C7H12NOP/c1-2-7(10)4-3-5-8-6-9/h2-4,6H,5,10H2,1H3,(H,8,9)/b4-3-,7-2+. The van der Waals surface area contributed by atoms with E-state index in [0.29, 0.717) is 13.0 Å². The van der Waals surface area contributed by atoms with Crippen molar-refractivity contribution in [3.05, 3.63) is 23.5 Å². The second-order valence-corrected chi connectivity index (χ2v) is 2.38.